The average molecular weight is 377 g/mol. The second kappa shape index (κ2) is 7.41. The summed E-state index contributed by atoms with van der Waals surface area (Å²) >= 11 is 6.14. The third-order valence-corrected chi connectivity index (χ3v) is 4.20. The second-order valence-electron chi connectivity index (χ2n) is 6.84. The minimum atomic E-state index is -0.795. The number of benzene rings is 1. The average Bonchev–Trinajstić information content (AvgIpc) is 2.56. The van der Waals surface area contributed by atoms with Crippen molar-refractivity contribution in [3.05, 3.63) is 56.5 Å². The zero-order valence-corrected chi connectivity index (χ0v) is 16.2. The Labute approximate surface area is 156 Å². The fraction of sp³-hybridized carbons (Fsp3) is 0.368. The van der Waals surface area contributed by atoms with Crippen LogP contribution < -0.4 is 5.56 Å². The number of ether oxygens (including phenoxy) is 1. The highest BCUT2D eigenvalue weighted by Gasteiger charge is 2.28. The summed E-state index contributed by atoms with van der Waals surface area (Å²) in [6, 6.07) is 6.20. The molecule has 1 aromatic carbocycles. The maximum absolute atomic E-state index is 12.8. The number of carbonyl (C=O) groups is 2. The van der Waals surface area contributed by atoms with Crippen molar-refractivity contribution in [1.82, 2.24) is 9.78 Å². The van der Waals surface area contributed by atoms with Crippen molar-refractivity contribution in [3.63, 3.8) is 0 Å². The molecule has 138 valence electrons. The second-order valence-corrected chi connectivity index (χ2v) is 7.25. The fourth-order valence-electron chi connectivity index (χ4n) is 2.33. The largest absolute Gasteiger partial charge is 0.462 e. The number of nitrogens with zero attached hydrogens (tertiary/aromatic N) is 2. The first-order valence-corrected chi connectivity index (χ1v) is 8.57. The van der Waals surface area contributed by atoms with Crippen LogP contribution in [-0.4, -0.2) is 28.1 Å². The van der Waals surface area contributed by atoms with Gasteiger partial charge in [0, 0.05) is 10.4 Å². The molecule has 0 aliphatic heterocycles. The highest BCUT2D eigenvalue weighted by Crippen LogP contribution is 2.23. The zero-order chi connectivity index (χ0) is 19.6. The van der Waals surface area contributed by atoms with Gasteiger partial charge in [-0.05, 0) is 37.6 Å². The Bertz CT molecular complexity index is 926. The monoisotopic (exact) mass is 376 g/mol. The van der Waals surface area contributed by atoms with E-state index in [1.165, 1.54) is 6.07 Å². The molecule has 1 heterocycles. The standard InChI is InChI=1S/C19H21ClN2O4/c1-6-26-18(25)12-10-14(16(23)19(3,4)5)21-22(17(12)24)15-9-7-8-13(20)11(15)2/h7-10H,6H2,1-5H3. The van der Waals surface area contributed by atoms with Crippen LogP contribution in [0.3, 0.4) is 0 Å². The number of hydrogen-bond donors (Lipinski definition) is 0. The molecule has 2 aromatic rings. The Balaban J connectivity index is 2.81. The van der Waals surface area contributed by atoms with Gasteiger partial charge in [0.2, 0.25) is 0 Å². The quantitative estimate of drug-likeness (QED) is 0.601. The van der Waals surface area contributed by atoms with Gasteiger partial charge in [0.05, 0.1) is 12.3 Å². The van der Waals surface area contributed by atoms with E-state index in [1.54, 1.807) is 52.8 Å². The number of halogens is 1. The number of ketones is 1. The molecule has 6 nitrogen and oxygen atoms in total. The SMILES string of the molecule is CCOC(=O)c1cc(C(=O)C(C)(C)C)nn(-c2cccc(Cl)c2C)c1=O. The van der Waals surface area contributed by atoms with Gasteiger partial charge in [0.15, 0.2) is 5.78 Å². The van der Waals surface area contributed by atoms with E-state index in [0.29, 0.717) is 16.3 Å². The highest BCUT2D eigenvalue weighted by molar-refractivity contribution is 6.31. The summed E-state index contributed by atoms with van der Waals surface area (Å²) in [5.41, 5.74) is -0.618. The first-order chi connectivity index (χ1) is 12.1. The van der Waals surface area contributed by atoms with Gasteiger partial charge in [0.25, 0.3) is 5.56 Å². The van der Waals surface area contributed by atoms with Crippen LogP contribution in [0.15, 0.2) is 29.1 Å². The third-order valence-electron chi connectivity index (χ3n) is 3.79. The molecule has 26 heavy (non-hydrogen) atoms. The summed E-state index contributed by atoms with van der Waals surface area (Å²) in [4.78, 5) is 37.7. The topological polar surface area (TPSA) is 78.3 Å². The molecular formula is C19H21ClN2O4. The van der Waals surface area contributed by atoms with Crippen molar-refractivity contribution >= 4 is 23.4 Å². The van der Waals surface area contributed by atoms with Gasteiger partial charge in [-0.25, -0.2) is 4.79 Å². The molecule has 0 bridgehead atoms. The molecule has 7 heteroatoms. The van der Waals surface area contributed by atoms with E-state index < -0.39 is 16.9 Å². The predicted octanol–water partition coefficient (Wildman–Crippen LogP) is 3.60. The van der Waals surface area contributed by atoms with Gasteiger partial charge < -0.3 is 4.74 Å². The molecule has 0 fully saturated rings. The van der Waals surface area contributed by atoms with E-state index in [0.717, 1.165) is 4.68 Å². The van der Waals surface area contributed by atoms with Crippen LogP contribution in [0, 0.1) is 12.3 Å². The van der Waals surface area contributed by atoms with Crippen LogP contribution in [0.2, 0.25) is 5.02 Å². The minimum Gasteiger partial charge on any atom is -0.462 e. The number of rotatable bonds is 4. The molecule has 0 N–H and O–H groups in total. The van der Waals surface area contributed by atoms with Gasteiger partial charge in [-0.15, -0.1) is 0 Å². The fourth-order valence-corrected chi connectivity index (χ4v) is 2.50. The Hall–Kier alpha value is -2.47. The summed E-state index contributed by atoms with van der Waals surface area (Å²) in [5, 5.41) is 4.65. The van der Waals surface area contributed by atoms with Gasteiger partial charge in [-0.3, -0.25) is 9.59 Å². The van der Waals surface area contributed by atoms with E-state index in [1.807, 2.05) is 0 Å². The van der Waals surface area contributed by atoms with Gasteiger partial charge in [-0.1, -0.05) is 38.4 Å². The summed E-state index contributed by atoms with van der Waals surface area (Å²) in [6.45, 7) is 8.69. The Morgan fingerprint density at radius 3 is 2.50 bits per heavy atom. The summed E-state index contributed by atoms with van der Waals surface area (Å²) in [5.74, 6) is -1.09. The van der Waals surface area contributed by atoms with Crippen molar-refractivity contribution < 1.29 is 14.3 Å². The predicted molar refractivity (Wildman–Crippen MR) is 99.3 cm³/mol. The number of carbonyl (C=O) groups excluding carboxylic acids is 2. The maximum atomic E-state index is 12.8. The molecule has 0 atom stereocenters. The van der Waals surface area contributed by atoms with Crippen LogP contribution in [-0.2, 0) is 4.74 Å². The van der Waals surface area contributed by atoms with Crippen molar-refractivity contribution in [2.45, 2.75) is 34.6 Å². The Morgan fingerprint density at radius 2 is 1.92 bits per heavy atom. The summed E-state index contributed by atoms with van der Waals surface area (Å²) in [7, 11) is 0. The van der Waals surface area contributed by atoms with Crippen molar-refractivity contribution in [1.29, 1.82) is 0 Å². The lowest BCUT2D eigenvalue weighted by atomic mass is 9.88. The number of aromatic nitrogens is 2. The minimum absolute atomic E-state index is 0.0135. The molecule has 0 aliphatic rings. The van der Waals surface area contributed by atoms with Crippen LogP contribution in [0.4, 0.5) is 0 Å². The molecule has 2 rings (SSSR count). The van der Waals surface area contributed by atoms with E-state index in [2.05, 4.69) is 5.10 Å². The van der Waals surface area contributed by atoms with Gasteiger partial charge in [-0.2, -0.15) is 9.78 Å². The highest BCUT2D eigenvalue weighted by atomic mass is 35.5. The van der Waals surface area contributed by atoms with Crippen molar-refractivity contribution in [2.24, 2.45) is 5.41 Å². The van der Waals surface area contributed by atoms with E-state index in [-0.39, 0.29) is 23.6 Å². The normalized spacial score (nSPS) is 11.3. The Morgan fingerprint density at radius 1 is 1.27 bits per heavy atom. The van der Waals surface area contributed by atoms with E-state index >= 15 is 0 Å². The molecule has 0 radical (unpaired) electrons. The van der Waals surface area contributed by atoms with Crippen molar-refractivity contribution in [3.8, 4) is 5.69 Å². The number of Topliss-reactive ketones (excluding diaryl/α,β-unsaturated/α-hetero) is 1. The Kier molecular flexibility index (Phi) is 5.66. The lowest BCUT2D eigenvalue weighted by molar-refractivity contribution is 0.0523. The molecule has 0 unspecified atom stereocenters. The number of hydrogen-bond acceptors (Lipinski definition) is 5. The van der Waals surface area contributed by atoms with Crippen molar-refractivity contribution in [2.75, 3.05) is 6.61 Å². The third kappa shape index (κ3) is 3.85. The molecular weight excluding hydrogens is 356 g/mol. The molecule has 0 amide bonds. The molecule has 0 spiro atoms. The van der Waals surface area contributed by atoms with Gasteiger partial charge >= 0.3 is 5.97 Å². The summed E-state index contributed by atoms with van der Waals surface area (Å²) < 4.78 is 5.99. The molecule has 0 saturated carbocycles. The van der Waals surface area contributed by atoms with E-state index in [4.69, 9.17) is 16.3 Å². The maximum Gasteiger partial charge on any atom is 0.343 e. The number of esters is 1. The van der Waals surface area contributed by atoms with Crippen LogP contribution in [0.25, 0.3) is 5.69 Å². The first-order valence-electron chi connectivity index (χ1n) is 8.19. The molecule has 0 aliphatic carbocycles. The lowest BCUT2D eigenvalue weighted by Gasteiger charge is -2.18. The zero-order valence-electron chi connectivity index (χ0n) is 15.4. The van der Waals surface area contributed by atoms with Gasteiger partial charge in [0.1, 0.15) is 11.3 Å². The molecule has 1 aromatic heterocycles. The molecule has 0 saturated heterocycles. The van der Waals surface area contributed by atoms with Crippen LogP contribution in [0.1, 0.15) is 54.1 Å². The van der Waals surface area contributed by atoms with Crippen LogP contribution in [0.5, 0.6) is 0 Å². The summed E-state index contributed by atoms with van der Waals surface area (Å²) in [6.07, 6.45) is 0. The lowest BCUT2D eigenvalue weighted by Crippen LogP contribution is -2.32. The first kappa shape index (κ1) is 19.8. The smallest absolute Gasteiger partial charge is 0.343 e. The van der Waals surface area contributed by atoms with Crippen LogP contribution >= 0.6 is 11.6 Å². The van der Waals surface area contributed by atoms with E-state index in [9.17, 15) is 14.4 Å².